The Balaban J connectivity index is 1.57. The molecule has 0 aromatic heterocycles. The van der Waals surface area contributed by atoms with Gasteiger partial charge in [0, 0.05) is 13.1 Å². The van der Waals surface area contributed by atoms with Gasteiger partial charge < -0.3 is 14.7 Å². The number of amides is 2. The largest absolute Gasteiger partial charge is 0.331 e. The predicted molar refractivity (Wildman–Crippen MR) is 76.2 cm³/mol. The van der Waals surface area contributed by atoms with Crippen molar-refractivity contribution in [2.75, 3.05) is 39.3 Å². The van der Waals surface area contributed by atoms with Crippen molar-refractivity contribution in [2.24, 2.45) is 5.92 Å². The van der Waals surface area contributed by atoms with Crippen LogP contribution in [0, 0.1) is 5.92 Å². The van der Waals surface area contributed by atoms with Crippen LogP contribution in [0.4, 0.5) is 0 Å². The summed E-state index contributed by atoms with van der Waals surface area (Å²) >= 11 is 0. The number of rotatable bonds is 3. The molecular weight excluding hydrogens is 254 g/mol. The molecule has 0 radical (unpaired) electrons. The minimum Gasteiger partial charge on any atom is -0.331 e. The fourth-order valence-electron chi connectivity index (χ4n) is 3.82. The molecule has 0 bridgehead atoms. The molecule has 0 aromatic rings. The van der Waals surface area contributed by atoms with Crippen molar-refractivity contribution in [2.45, 2.75) is 38.6 Å². The molecule has 20 heavy (non-hydrogen) atoms. The monoisotopic (exact) mass is 279 g/mol. The first-order valence-corrected chi connectivity index (χ1v) is 7.99. The Morgan fingerprint density at radius 1 is 1.10 bits per heavy atom. The number of carbonyl (C=O) groups is 2. The van der Waals surface area contributed by atoms with Crippen molar-refractivity contribution >= 4 is 11.8 Å². The van der Waals surface area contributed by atoms with Gasteiger partial charge in [0.1, 0.15) is 6.04 Å². The van der Waals surface area contributed by atoms with E-state index in [-0.39, 0.29) is 17.9 Å². The molecule has 5 heteroatoms. The molecule has 2 amide bonds. The average molecular weight is 279 g/mol. The van der Waals surface area contributed by atoms with Gasteiger partial charge >= 0.3 is 0 Å². The molecule has 0 aliphatic carbocycles. The van der Waals surface area contributed by atoms with Crippen LogP contribution in [0.15, 0.2) is 0 Å². The number of likely N-dealkylation sites (tertiary alicyclic amines) is 1. The lowest BCUT2D eigenvalue weighted by Crippen LogP contribution is -2.58. The number of piperazine rings is 1. The minimum absolute atomic E-state index is 0.146. The number of fused-ring (bicyclic) bond motifs is 1. The Kier molecular flexibility index (Phi) is 3.96. The predicted octanol–water partition coefficient (Wildman–Crippen LogP) is 0.552. The third-order valence-corrected chi connectivity index (χ3v) is 5.13. The highest BCUT2D eigenvalue weighted by Gasteiger charge is 2.42. The quantitative estimate of drug-likeness (QED) is 0.758. The Morgan fingerprint density at radius 3 is 2.55 bits per heavy atom. The zero-order chi connectivity index (χ0) is 14.1. The average Bonchev–Trinajstić information content (AvgIpc) is 2.95. The highest BCUT2D eigenvalue weighted by atomic mass is 16.2. The fraction of sp³-hybridized carbons (Fsp3) is 0.867. The molecule has 112 valence electrons. The molecule has 3 rings (SSSR count). The first-order chi connectivity index (χ1) is 9.69. The lowest BCUT2D eigenvalue weighted by atomic mass is 9.95. The van der Waals surface area contributed by atoms with Gasteiger partial charge in [-0.15, -0.1) is 0 Å². The van der Waals surface area contributed by atoms with E-state index in [1.165, 1.54) is 0 Å². The number of hydrogen-bond acceptors (Lipinski definition) is 3. The van der Waals surface area contributed by atoms with Crippen LogP contribution < -0.4 is 0 Å². The second-order valence-corrected chi connectivity index (χ2v) is 6.34. The zero-order valence-electron chi connectivity index (χ0n) is 12.4. The molecule has 0 saturated carbocycles. The minimum atomic E-state index is -0.146. The maximum atomic E-state index is 12.5. The number of carbonyl (C=O) groups excluding carboxylic acids is 2. The van der Waals surface area contributed by atoms with Crippen LogP contribution in [0.5, 0.6) is 0 Å². The highest BCUT2D eigenvalue weighted by molar-refractivity contribution is 5.95. The van der Waals surface area contributed by atoms with Gasteiger partial charge in [-0.25, -0.2) is 0 Å². The molecular formula is C15H25N3O2. The van der Waals surface area contributed by atoms with E-state index in [9.17, 15) is 9.59 Å². The molecule has 3 aliphatic heterocycles. The van der Waals surface area contributed by atoms with E-state index >= 15 is 0 Å². The molecule has 0 N–H and O–H groups in total. The fourth-order valence-corrected chi connectivity index (χ4v) is 3.82. The molecule has 0 aromatic carbocycles. The maximum absolute atomic E-state index is 12.5. The van der Waals surface area contributed by atoms with E-state index in [2.05, 4.69) is 11.8 Å². The second-order valence-electron chi connectivity index (χ2n) is 6.34. The normalized spacial score (nSPS) is 29.1. The summed E-state index contributed by atoms with van der Waals surface area (Å²) in [4.78, 5) is 30.6. The molecule has 3 fully saturated rings. The molecule has 1 unspecified atom stereocenters. The SMILES string of the molecule is CCN1CCC(CN2CC(=O)N3CCCC3C2=O)CC1. The molecule has 3 aliphatic rings. The van der Waals surface area contributed by atoms with E-state index in [0.717, 1.165) is 58.4 Å². The molecule has 0 spiro atoms. The van der Waals surface area contributed by atoms with Gasteiger partial charge in [-0.3, -0.25) is 9.59 Å². The van der Waals surface area contributed by atoms with Crippen LogP contribution in [-0.2, 0) is 9.59 Å². The summed E-state index contributed by atoms with van der Waals surface area (Å²) < 4.78 is 0. The zero-order valence-corrected chi connectivity index (χ0v) is 12.4. The van der Waals surface area contributed by atoms with Crippen molar-refractivity contribution < 1.29 is 9.59 Å². The molecule has 3 saturated heterocycles. The van der Waals surface area contributed by atoms with Gasteiger partial charge in [0.05, 0.1) is 6.54 Å². The number of piperidine rings is 1. The van der Waals surface area contributed by atoms with Gasteiger partial charge in [0.25, 0.3) is 0 Å². The first kappa shape index (κ1) is 13.9. The van der Waals surface area contributed by atoms with Crippen LogP contribution in [-0.4, -0.2) is 71.8 Å². The van der Waals surface area contributed by atoms with E-state index in [1.807, 2.05) is 4.90 Å². The van der Waals surface area contributed by atoms with Gasteiger partial charge in [0.15, 0.2) is 0 Å². The van der Waals surface area contributed by atoms with E-state index in [0.29, 0.717) is 12.5 Å². The van der Waals surface area contributed by atoms with E-state index < -0.39 is 0 Å². The first-order valence-electron chi connectivity index (χ1n) is 7.99. The van der Waals surface area contributed by atoms with Gasteiger partial charge in [-0.2, -0.15) is 0 Å². The van der Waals surface area contributed by atoms with Crippen LogP contribution >= 0.6 is 0 Å². The van der Waals surface area contributed by atoms with E-state index in [1.54, 1.807) is 4.90 Å². The summed E-state index contributed by atoms with van der Waals surface area (Å²) in [6.45, 7) is 7.44. The Labute approximate surface area is 120 Å². The van der Waals surface area contributed by atoms with Crippen LogP contribution in [0.2, 0.25) is 0 Å². The smallest absolute Gasteiger partial charge is 0.245 e. The summed E-state index contributed by atoms with van der Waals surface area (Å²) in [6, 6.07) is -0.146. The van der Waals surface area contributed by atoms with Gasteiger partial charge in [-0.1, -0.05) is 6.92 Å². The summed E-state index contributed by atoms with van der Waals surface area (Å²) in [5.74, 6) is 0.917. The maximum Gasteiger partial charge on any atom is 0.245 e. The van der Waals surface area contributed by atoms with Crippen molar-refractivity contribution in [3.63, 3.8) is 0 Å². The standard InChI is InChI=1S/C15H25N3O2/c1-2-16-8-5-12(6-9-16)10-17-11-14(19)18-7-3-4-13(18)15(17)20/h12-13H,2-11H2,1H3. The number of hydrogen-bond donors (Lipinski definition) is 0. The third-order valence-electron chi connectivity index (χ3n) is 5.13. The van der Waals surface area contributed by atoms with Crippen molar-refractivity contribution in [1.82, 2.24) is 14.7 Å². The Bertz CT molecular complexity index is 391. The summed E-state index contributed by atoms with van der Waals surface area (Å²) in [6.07, 6.45) is 4.14. The van der Waals surface area contributed by atoms with Crippen molar-refractivity contribution in [3.05, 3.63) is 0 Å². The summed E-state index contributed by atoms with van der Waals surface area (Å²) in [7, 11) is 0. The molecule has 3 heterocycles. The topological polar surface area (TPSA) is 43.9 Å². The van der Waals surface area contributed by atoms with Crippen LogP contribution in [0.25, 0.3) is 0 Å². The Hall–Kier alpha value is -1.10. The van der Waals surface area contributed by atoms with Crippen LogP contribution in [0.3, 0.4) is 0 Å². The third kappa shape index (κ3) is 2.55. The molecule has 5 nitrogen and oxygen atoms in total. The summed E-state index contributed by atoms with van der Waals surface area (Å²) in [5, 5.41) is 0. The van der Waals surface area contributed by atoms with Gasteiger partial charge in [-0.05, 0) is 51.2 Å². The second kappa shape index (κ2) is 5.72. The lowest BCUT2D eigenvalue weighted by Gasteiger charge is -2.39. The van der Waals surface area contributed by atoms with Crippen LogP contribution in [0.1, 0.15) is 32.6 Å². The number of nitrogens with zero attached hydrogens (tertiary/aromatic N) is 3. The highest BCUT2D eigenvalue weighted by Crippen LogP contribution is 2.26. The van der Waals surface area contributed by atoms with Crippen molar-refractivity contribution in [3.8, 4) is 0 Å². The molecule has 1 atom stereocenters. The van der Waals surface area contributed by atoms with Gasteiger partial charge in [0.2, 0.25) is 11.8 Å². The Morgan fingerprint density at radius 2 is 1.85 bits per heavy atom. The summed E-state index contributed by atoms with van der Waals surface area (Å²) in [5.41, 5.74) is 0. The van der Waals surface area contributed by atoms with E-state index in [4.69, 9.17) is 0 Å². The lowest BCUT2D eigenvalue weighted by molar-refractivity contribution is -0.154. The van der Waals surface area contributed by atoms with Crippen molar-refractivity contribution in [1.29, 1.82) is 0 Å².